The summed E-state index contributed by atoms with van der Waals surface area (Å²) < 4.78 is 16.8. The van der Waals surface area contributed by atoms with Crippen molar-refractivity contribution in [3.8, 4) is 0 Å². The highest BCUT2D eigenvalue weighted by Gasteiger charge is 2.19. The van der Waals surface area contributed by atoms with Crippen molar-refractivity contribution >= 4 is 17.9 Å². The van der Waals surface area contributed by atoms with Gasteiger partial charge in [-0.05, 0) is 128 Å². The summed E-state index contributed by atoms with van der Waals surface area (Å²) in [5.41, 5.74) is 0. The first-order valence-electron chi connectivity index (χ1n) is 32.6. The Kier molecular flexibility index (Phi) is 62.9. The second-order valence-corrected chi connectivity index (χ2v) is 20.9. The number of carbonyl (C=O) groups is 3. The van der Waals surface area contributed by atoms with Crippen LogP contribution in [0.2, 0.25) is 0 Å². The molecule has 0 aliphatic rings. The molecule has 0 aliphatic heterocycles. The molecule has 0 heterocycles. The standard InChI is InChI=1S/C75H118O6/c1-4-7-10-13-16-19-22-24-26-28-30-32-34-35-36-37-38-39-41-42-44-46-48-50-53-56-59-62-65-68-74(77)80-71-72(70-79-73(76)67-64-61-58-55-52-21-18-15-12-9-6-3)81-75(78)69-66-63-60-57-54-51-49-47-45-43-40-33-31-29-27-25-23-20-17-14-11-8-5-2/h7-8,10-11,16-17,19-20,24-27,30-33,35-36,38-39,42-45,49,51,57,60,72H,4-6,9,12-15,18,21-23,28-29,34,37,40-41,46-48,50,52-56,58-59,61-71H2,1-3H3/b10-7-,11-8-,19-16-,20-17-,26-24-,27-25-,32-30-,33-31-,36-35-,39-38-,44-42-,45-43-,51-49-,60-57-. The van der Waals surface area contributed by atoms with Crippen LogP contribution in [0.3, 0.4) is 0 Å². The van der Waals surface area contributed by atoms with Crippen molar-refractivity contribution in [2.45, 2.75) is 271 Å². The molecule has 0 amide bonds. The normalized spacial score (nSPS) is 13.3. The summed E-state index contributed by atoms with van der Waals surface area (Å²) in [6.07, 6.45) is 99.4. The summed E-state index contributed by atoms with van der Waals surface area (Å²) in [7, 11) is 0. The van der Waals surface area contributed by atoms with Crippen molar-refractivity contribution in [2.24, 2.45) is 0 Å². The van der Waals surface area contributed by atoms with E-state index in [-0.39, 0.29) is 37.5 Å². The molecule has 0 aromatic carbocycles. The number of hydrogen-bond donors (Lipinski definition) is 0. The van der Waals surface area contributed by atoms with Gasteiger partial charge in [-0.25, -0.2) is 0 Å². The van der Waals surface area contributed by atoms with Gasteiger partial charge in [-0.15, -0.1) is 0 Å². The van der Waals surface area contributed by atoms with Gasteiger partial charge in [0.1, 0.15) is 13.2 Å². The lowest BCUT2D eigenvalue weighted by molar-refractivity contribution is -0.167. The van der Waals surface area contributed by atoms with Gasteiger partial charge in [0.2, 0.25) is 0 Å². The Balaban J connectivity index is 4.43. The molecule has 0 rings (SSSR count). The first-order chi connectivity index (χ1) is 40.0. The van der Waals surface area contributed by atoms with E-state index in [0.29, 0.717) is 19.3 Å². The molecule has 0 saturated carbocycles. The third-order valence-electron chi connectivity index (χ3n) is 13.2. The smallest absolute Gasteiger partial charge is 0.306 e. The van der Waals surface area contributed by atoms with Gasteiger partial charge in [-0.1, -0.05) is 287 Å². The maximum absolute atomic E-state index is 12.9. The second-order valence-electron chi connectivity index (χ2n) is 20.9. The maximum Gasteiger partial charge on any atom is 0.306 e. The zero-order valence-electron chi connectivity index (χ0n) is 52.0. The Hall–Kier alpha value is -5.23. The Morgan fingerprint density at radius 1 is 0.259 bits per heavy atom. The predicted molar refractivity (Wildman–Crippen MR) is 352 cm³/mol. The van der Waals surface area contributed by atoms with Crippen LogP contribution >= 0.6 is 0 Å². The van der Waals surface area contributed by atoms with Gasteiger partial charge in [-0.3, -0.25) is 14.4 Å². The van der Waals surface area contributed by atoms with E-state index < -0.39 is 6.10 Å². The van der Waals surface area contributed by atoms with Crippen molar-refractivity contribution in [3.05, 3.63) is 170 Å². The molecule has 6 nitrogen and oxygen atoms in total. The summed E-state index contributed by atoms with van der Waals surface area (Å²) in [6.45, 7) is 6.34. The Morgan fingerprint density at radius 2 is 0.494 bits per heavy atom. The average Bonchev–Trinajstić information content (AvgIpc) is 3.47. The number of unbranched alkanes of at least 4 members (excludes halogenated alkanes) is 18. The van der Waals surface area contributed by atoms with Crippen LogP contribution in [-0.4, -0.2) is 37.2 Å². The number of ether oxygens (including phenoxy) is 3. The molecule has 0 aliphatic carbocycles. The quantitative estimate of drug-likeness (QED) is 0.0261. The Bertz CT molecular complexity index is 1860. The van der Waals surface area contributed by atoms with Crippen molar-refractivity contribution < 1.29 is 28.6 Å². The minimum absolute atomic E-state index is 0.110. The summed E-state index contributed by atoms with van der Waals surface area (Å²) in [4.78, 5) is 38.3. The van der Waals surface area contributed by atoms with Gasteiger partial charge < -0.3 is 14.2 Å². The topological polar surface area (TPSA) is 78.9 Å². The molecule has 0 aromatic rings. The lowest BCUT2D eigenvalue weighted by atomic mass is 10.1. The highest BCUT2D eigenvalue weighted by atomic mass is 16.6. The Morgan fingerprint density at radius 3 is 0.790 bits per heavy atom. The largest absolute Gasteiger partial charge is 0.462 e. The lowest BCUT2D eigenvalue weighted by Gasteiger charge is -2.18. The minimum Gasteiger partial charge on any atom is -0.462 e. The molecule has 0 spiro atoms. The number of esters is 3. The number of rotatable bonds is 57. The molecule has 1 unspecified atom stereocenters. The number of allylic oxidation sites excluding steroid dienone is 28. The van der Waals surface area contributed by atoms with E-state index in [1.165, 1.54) is 77.0 Å². The van der Waals surface area contributed by atoms with Gasteiger partial charge in [0.15, 0.2) is 6.10 Å². The summed E-state index contributed by atoms with van der Waals surface area (Å²) in [5, 5.41) is 0. The van der Waals surface area contributed by atoms with E-state index in [4.69, 9.17) is 14.2 Å². The molecule has 454 valence electrons. The molecule has 1 atom stereocenters. The molecule has 6 heteroatoms. The van der Waals surface area contributed by atoms with E-state index in [1.54, 1.807) is 0 Å². The van der Waals surface area contributed by atoms with Crippen LogP contribution in [0.4, 0.5) is 0 Å². The van der Waals surface area contributed by atoms with Gasteiger partial charge in [0.05, 0.1) is 0 Å². The molecule has 0 N–H and O–H groups in total. The Labute approximate surface area is 498 Å². The zero-order chi connectivity index (χ0) is 58.5. The van der Waals surface area contributed by atoms with Crippen molar-refractivity contribution in [1.82, 2.24) is 0 Å². The average molecular weight is 1120 g/mol. The highest BCUT2D eigenvalue weighted by Crippen LogP contribution is 2.14. The van der Waals surface area contributed by atoms with Crippen molar-refractivity contribution in [2.75, 3.05) is 13.2 Å². The molecule has 0 radical (unpaired) electrons. The fourth-order valence-corrected chi connectivity index (χ4v) is 8.41. The van der Waals surface area contributed by atoms with Crippen molar-refractivity contribution in [3.63, 3.8) is 0 Å². The second kappa shape index (κ2) is 67.3. The van der Waals surface area contributed by atoms with Gasteiger partial charge >= 0.3 is 17.9 Å². The van der Waals surface area contributed by atoms with Gasteiger partial charge in [-0.2, -0.15) is 0 Å². The summed E-state index contributed by atoms with van der Waals surface area (Å²) in [5.74, 6) is -0.986. The molecule has 0 fully saturated rings. The molecule has 0 aromatic heterocycles. The maximum atomic E-state index is 12.9. The monoisotopic (exact) mass is 1110 g/mol. The van der Waals surface area contributed by atoms with E-state index in [1.807, 2.05) is 0 Å². The fraction of sp³-hybridized carbons (Fsp3) is 0.587. The molecular formula is C75H118O6. The summed E-state index contributed by atoms with van der Waals surface area (Å²) in [6, 6.07) is 0. The van der Waals surface area contributed by atoms with Crippen LogP contribution in [0.5, 0.6) is 0 Å². The third-order valence-corrected chi connectivity index (χ3v) is 13.2. The molecule has 81 heavy (non-hydrogen) atoms. The molecule has 0 saturated heterocycles. The minimum atomic E-state index is -0.821. The fourth-order valence-electron chi connectivity index (χ4n) is 8.41. The highest BCUT2D eigenvalue weighted by molar-refractivity contribution is 5.71. The van der Waals surface area contributed by atoms with Crippen LogP contribution < -0.4 is 0 Å². The van der Waals surface area contributed by atoms with E-state index in [0.717, 1.165) is 141 Å². The SMILES string of the molecule is CC/C=C\C/C=C\C/C=C\C/C=C\C/C=C\C/C=C\C/C=C\CCCCCCCCCC(=O)OCC(COC(=O)CCCCCCCCCCCCC)OC(=O)CCC/C=C\C/C=C\C/C=C\C/C=C\C/C=C\C/C=C\C/C=C\CC. The third kappa shape index (κ3) is 65.5. The van der Waals surface area contributed by atoms with Crippen LogP contribution in [0.15, 0.2) is 170 Å². The van der Waals surface area contributed by atoms with Crippen LogP contribution in [0, 0.1) is 0 Å². The van der Waals surface area contributed by atoms with Crippen LogP contribution in [0.25, 0.3) is 0 Å². The predicted octanol–water partition coefficient (Wildman–Crippen LogP) is 22.7. The van der Waals surface area contributed by atoms with Crippen LogP contribution in [0.1, 0.15) is 265 Å². The van der Waals surface area contributed by atoms with Crippen molar-refractivity contribution in [1.29, 1.82) is 0 Å². The van der Waals surface area contributed by atoms with Gasteiger partial charge in [0, 0.05) is 19.3 Å². The van der Waals surface area contributed by atoms with E-state index in [2.05, 4.69) is 191 Å². The first kappa shape index (κ1) is 75.8. The van der Waals surface area contributed by atoms with E-state index in [9.17, 15) is 14.4 Å². The van der Waals surface area contributed by atoms with E-state index >= 15 is 0 Å². The summed E-state index contributed by atoms with van der Waals surface area (Å²) >= 11 is 0. The zero-order valence-corrected chi connectivity index (χ0v) is 52.0. The molecule has 0 bridgehead atoms. The molecular weight excluding hydrogens is 997 g/mol. The van der Waals surface area contributed by atoms with Crippen LogP contribution in [-0.2, 0) is 28.6 Å². The lowest BCUT2D eigenvalue weighted by Crippen LogP contribution is -2.30. The number of carbonyl (C=O) groups excluding carboxylic acids is 3. The first-order valence-corrected chi connectivity index (χ1v) is 32.6. The number of hydrogen-bond acceptors (Lipinski definition) is 6. The van der Waals surface area contributed by atoms with Gasteiger partial charge in [0.25, 0.3) is 0 Å².